The monoisotopic (exact) mass is 758 g/mol. The van der Waals surface area contributed by atoms with Gasteiger partial charge in [0.1, 0.15) is 0 Å². The summed E-state index contributed by atoms with van der Waals surface area (Å²) in [6.45, 7) is 0. The minimum absolute atomic E-state index is 0.710. The maximum atomic E-state index is 5.30. The van der Waals surface area contributed by atoms with Gasteiger partial charge in [-0.25, -0.2) is 9.97 Å². The Labute approximate surface area is 346 Å². The van der Waals surface area contributed by atoms with Crippen LogP contribution in [-0.2, 0) is 0 Å². The van der Waals surface area contributed by atoms with E-state index in [1.165, 1.54) is 91.9 Å². The lowest BCUT2D eigenvalue weighted by molar-refractivity contribution is 1.19. The fourth-order valence-electron chi connectivity index (χ4n) is 10.1. The van der Waals surface area contributed by atoms with Crippen molar-refractivity contribution in [2.24, 2.45) is 0 Å². The number of fused-ring (bicyclic) bond motifs is 4. The number of rotatable bonds is 4. The van der Waals surface area contributed by atoms with Crippen molar-refractivity contribution in [3.63, 3.8) is 0 Å². The fraction of sp³-hybridized carbons (Fsp3) is 0. The summed E-state index contributed by atoms with van der Waals surface area (Å²) in [4.78, 5) is 10.5. The normalized spacial score (nSPS) is 12.0. The maximum Gasteiger partial charge on any atom is 0.160 e. The molecule has 0 radical (unpaired) electrons. The van der Waals surface area contributed by atoms with Crippen LogP contribution in [0.2, 0.25) is 0 Å². The summed E-state index contributed by atoms with van der Waals surface area (Å²) in [5.41, 5.74) is 7.35. The first-order chi connectivity index (χ1) is 29.7. The molecule has 0 unspecified atom stereocenters. The van der Waals surface area contributed by atoms with Crippen molar-refractivity contribution in [3.8, 4) is 45.0 Å². The lowest BCUT2D eigenvalue weighted by Crippen LogP contribution is -1.97. The SMILES string of the molecule is c1ccc(-c2nc(-c3cccc4ccccc34)cc(-c3ccc(-c4cc5ccc6cccc7c8cccc9ccc%10cccc(c(c4)c5c67)c%10c98)c4ccccc34)n2)cc1. The molecule has 13 aromatic rings. The number of nitrogens with zero attached hydrogens (tertiary/aromatic N) is 2. The zero-order valence-corrected chi connectivity index (χ0v) is 32.5. The second-order valence-corrected chi connectivity index (χ2v) is 16.0. The Morgan fingerprint density at radius 1 is 0.233 bits per heavy atom. The van der Waals surface area contributed by atoms with Crippen LogP contribution in [0.1, 0.15) is 0 Å². The van der Waals surface area contributed by atoms with Gasteiger partial charge in [-0.1, -0.05) is 188 Å². The molecule has 0 aliphatic carbocycles. The van der Waals surface area contributed by atoms with Crippen molar-refractivity contribution >= 4 is 86.2 Å². The molecule has 0 saturated carbocycles. The first-order valence-corrected chi connectivity index (χ1v) is 20.6. The minimum Gasteiger partial charge on any atom is -0.228 e. The van der Waals surface area contributed by atoms with E-state index in [2.05, 4.69) is 200 Å². The highest BCUT2D eigenvalue weighted by atomic mass is 14.9. The van der Waals surface area contributed by atoms with Crippen molar-refractivity contribution in [1.82, 2.24) is 9.97 Å². The number of aromatic nitrogens is 2. The predicted octanol–water partition coefficient (Wildman–Crippen LogP) is 15.8. The van der Waals surface area contributed by atoms with Crippen LogP contribution in [-0.4, -0.2) is 9.97 Å². The highest BCUT2D eigenvalue weighted by molar-refractivity contribution is 6.37. The zero-order chi connectivity index (χ0) is 39.3. The molecule has 1 heterocycles. The quantitative estimate of drug-likeness (QED) is 0.167. The molecular weight excluding hydrogens is 725 g/mol. The van der Waals surface area contributed by atoms with Gasteiger partial charge in [0.05, 0.1) is 11.4 Å². The van der Waals surface area contributed by atoms with E-state index in [-0.39, 0.29) is 0 Å². The van der Waals surface area contributed by atoms with Crippen molar-refractivity contribution < 1.29 is 0 Å². The Bertz CT molecular complexity index is 3870. The highest BCUT2D eigenvalue weighted by Gasteiger charge is 2.19. The molecule has 1 aromatic heterocycles. The second kappa shape index (κ2) is 12.8. The van der Waals surface area contributed by atoms with Crippen LogP contribution in [0.3, 0.4) is 0 Å². The molecule has 0 aliphatic rings. The Morgan fingerprint density at radius 3 is 1.35 bits per heavy atom. The van der Waals surface area contributed by atoms with Gasteiger partial charge in [0.25, 0.3) is 0 Å². The van der Waals surface area contributed by atoms with E-state index >= 15 is 0 Å². The number of hydrogen-bond donors (Lipinski definition) is 0. The smallest absolute Gasteiger partial charge is 0.160 e. The Balaban J connectivity index is 1.09. The second-order valence-electron chi connectivity index (χ2n) is 16.0. The third-order valence-corrected chi connectivity index (χ3v) is 12.8. The molecule has 0 N–H and O–H groups in total. The Morgan fingerprint density at radius 2 is 0.683 bits per heavy atom. The van der Waals surface area contributed by atoms with Crippen LogP contribution in [0.15, 0.2) is 206 Å². The number of benzene rings is 11. The van der Waals surface area contributed by atoms with Crippen molar-refractivity contribution in [3.05, 3.63) is 206 Å². The molecule has 2 nitrogen and oxygen atoms in total. The van der Waals surface area contributed by atoms with Gasteiger partial charge < -0.3 is 0 Å². The largest absolute Gasteiger partial charge is 0.228 e. The molecule has 0 saturated heterocycles. The highest BCUT2D eigenvalue weighted by Crippen LogP contribution is 2.46. The molecule has 0 bridgehead atoms. The minimum atomic E-state index is 0.710. The summed E-state index contributed by atoms with van der Waals surface area (Å²) in [6, 6.07) is 75.3. The van der Waals surface area contributed by atoms with Gasteiger partial charge in [0.2, 0.25) is 0 Å². The molecule has 0 atom stereocenters. The van der Waals surface area contributed by atoms with E-state index < -0.39 is 0 Å². The van der Waals surface area contributed by atoms with E-state index in [1.54, 1.807) is 0 Å². The number of hydrogen-bond acceptors (Lipinski definition) is 2. The Kier molecular flexibility index (Phi) is 7.05. The molecule has 12 aromatic carbocycles. The van der Waals surface area contributed by atoms with Gasteiger partial charge in [0.15, 0.2) is 5.82 Å². The average Bonchev–Trinajstić information content (AvgIpc) is 3.32. The van der Waals surface area contributed by atoms with E-state index in [9.17, 15) is 0 Å². The van der Waals surface area contributed by atoms with Gasteiger partial charge in [0, 0.05) is 16.7 Å². The standard InChI is InChI=1S/C58H34N2/c1-2-13-39(14-3-1)58-59-52(46-22-8-15-35-12-4-5-19-42(35)46)34-53(60-58)47-31-30-43(44-20-6-7-21-45(44)47)41-32-40-29-28-38-17-10-24-49-48-23-9-16-36-26-27-37-18-11-25-50(56(37)54(36)48)51(33-41)57(40)55(38)49/h1-34H. The van der Waals surface area contributed by atoms with E-state index in [0.29, 0.717) is 5.82 Å². The molecule has 0 spiro atoms. The molecule has 2 heteroatoms. The Hall–Kier alpha value is -7.94. The predicted molar refractivity (Wildman–Crippen MR) is 255 cm³/mol. The molecule has 0 aliphatic heterocycles. The van der Waals surface area contributed by atoms with Crippen molar-refractivity contribution in [2.75, 3.05) is 0 Å². The third kappa shape index (κ3) is 4.88. The fourth-order valence-corrected chi connectivity index (χ4v) is 10.1. The van der Waals surface area contributed by atoms with Gasteiger partial charge in [-0.15, -0.1) is 0 Å². The average molecular weight is 759 g/mol. The topological polar surface area (TPSA) is 25.8 Å². The molecule has 60 heavy (non-hydrogen) atoms. The lowest BCUT2D eigenvalue weighted by Gasteiger charge is -2.18. The first-order valence-electron chi connectivity index (χ1n) is 20.6. The van der Waals surface area contributed by atoms with Crippen molar-refractivity contribution in [1.29, 1.82) is 0 Å². The van der Waals surface area contributed by atoms with Crippen LogP contribution < -0.4 is 0 Å². The molecule has 13 rings (SSSR count). The molecular formula is C58H34N2. The van der Waals surface area contributed by atoms with Crippen LogP contribution >= 0.6 is 0 Å². The summed E-state index contributed by atoms with van der Waals surface area (Å²) >= 11 is 0. The van der Waals surface area contributed by atoms with Crippen LogP contribution in [0, 0.1) is 0 Å². The van der Waals surface area contributed by atoms with Crippen LogP contribution in [0.25, 0.3) is 131 Å². The zero-order valence-electron chi connectivity index (χ0n) is 32.5. The maximum absolute atomic E-state index is 5.30. The third-order valence-electron chi connectivity index (χ3n) is 12.8. The summed E-state index contributed by atoms with van der Waals surface area (Å²) in [5, 5.41) is 20.1. The summed E-state index contributed by atoms with van der Waals surface area (Å²) in [6.07, 6.45) is 0. The van der Waals surface area contributed by atoms with E-state index in [1.807, 2.05) is 6.07 Å². The van der Waals surface area contributed by atoms with Crippen molar-refractivity contribution in [2.45, 2.75) is 0 Å². The molecule has 0 amide bonds. The summed E-state index contributed by atoms with van der Waals surface area (Å²) < 4.78 is 0. The van der Waals surface area contributed by atoms with Gasteiger partial charge in [-0.2, -0.15) is 0 Å². The molecule has 276 valence electrons. The van der Waals surface area contributed by atoms with Gasteiger partial charge >= 0.3 is 0 Å². The lowest BCUT2D eigenvalue weighted by atomic mass is 9.86. The van der Waals surface area contributed by atoms with Gasteiger partial charge in [-0.05, 0) is 116 Å². The summed E-state index contributed by atoms with van der Waals surface area (Å²) in [5.74, 6) is 0.710. The first kappa shape index (κ1) is 33.1. The van der Waals surface area contributed by atoms with E-state index in [4.69, 9.17) is 9.97 Å². The van der Waals surface area contributed by atoms with E-state index in [0.717, 1.165) is 33.5 Å². The van der Waals surface area contributed by atoms with Crippen LogP contribution in [0.5, 0.6) is 0 Å². The molecule has 0 fully saturated rings. The van der Waals surface area contributed by atoms with Gasteiger partial charge in [-0.3, -0.25) is 0 Å². The van der Waals surface area contributed by atoms with Crippen LogP contribution in [0.4, 0.5) is 0 Å². The summed E-state index contributed by atoms with van der Waals surface area (Å²) in [7, 11) is 0.